The standard InChI is InChI=1S/C11H18N2OS/c1-3-9-10(7-14)15-11(12-9)13(4-2)8-5-6-8/h8,14H,3-7H2,1-2H3. The lowest BCUT2D eigenvalue weighted by molar-refractivity contribution is 0.284. The largest absolute Gasteiger partial charge is 0.391 e. The van der Waals surface area contributed by atoms with Gasteiger partial charge in [-0.15, -0.1) is 0 Å². The summed E-state index contributed by atoms with van der Waals surface area (Å²) in [5, 5.41) is 10.3. The van der Waals surface area contributed by atoms with Crippen molar-refractivity contribution in [2.75, 3.05) is 11.4 Å². The molecule has 1 aliphatic carbocycles. The fourth-order valence-corrected chi connectivity index (χ4v) is 2.97. The number of aliphatic hydroxyl groups is 1. The summed E-state index contributed by atoms with van der Waals surface area (Å²) in [4.78, 5) is 8.01. The molecule has 1 N–H and O–H groups in total. The zero-order valence-electron chi connectivity index (χ0n) is 9.36. The SMILES string of the molecule is CCc1nc(N(CC)C2CC2)sc1CO. The Morgan fingerprint density at radius 1 is 1.47 bits per heavy atom. The van der Waals surface area contributed by atoms with Crippen LogP contribution in [0.3, 0.4) is 0 Å². The van der Waals surface area contributed by atoms with Gasteiger partial charge in [-0.1, -0.05) is 18.3 Å². The van der Waals surface area contributed by atoms with E-state index in [1.807, 2.05) is 0 Å². The summed E-state index contributed by atoms with van der Waals surface area (Å²) in [7, 11) is 0. The van der Waals surface area contributed by atoms with Crippen molar-refractivity contribution in [2.45, 2.75) is 45.8 Å². The van der Waals surface area contributed by atoms with Crippen LogP contribution >= 0.6 is 11.3 Å². The van der Waals surface area contributed by atoms with Crippen LogP contribution in [0, 0.1) is 0 Å². The van der Waals surface area contributed by atoms with Crippen LogP contribution in [0.1, 0.15) is 37.3 Å². The van der Waals surface area contributed by atoms with E-state index < -0.39 is 0 Å². The lowest BCUT2D eigenvalue weighted by Crippen LogP contribution is -2.24. The molecule has 0 spiro atoms. The molecular formula is C11H18N2OS. The predicted molar refractivity (Wildman–Crippen MR) is 63.5 cm³/mol. The normalized spacial score (nSPS) is 15.7. The number of hydrogen-bond donors (Lipinski definition) is 1. The van der Waals surface area contributed by atoms with Crippen LogP contribution in [0.4, 0.5) is 5.13 Å². The van der Waals surface area contributed by atoms with Crippen LogP contribution in [0.2, 0.25) is 0 Å². The van der Waals surface area contributed by atoms with Gasteiger partial charge in [0.15, 0.2) is 5.13 Å². The average molecular weight is 226 g/mol. The molecular weight excluding hydrogens is 208 g/mol. The Balaban J connectivity index is 2.22. The minimum atomic E-state index is 0.128. The zero-order chi connectivity index (χ0) is 10.8. The Labute approximate surface area is 94.8 Å². The molecule has 4 heteroatoms. The third-order valence-electron chi connectivity index (χ3n) is 2.82. The second-order valence-corrected chi connectivity index (χ2v) is 4.96. The molecule has 1 saturated carbocycles. The number of rotatable bonds is 5. The highest BCUT2D eigenvalue weighted by Gasteiger charge is 2.30. The molecule has 84 valence electrons. The van der Waals surface area contributed by atoms with Crippen molar-refractivity contribution in [1.29, 1.82) is 0 Å². The molecule has 0 atom stereocenters. The van der Waals surface area contributed by atoms with Gasteiger partial charge in [-0.3, -0.25) is 0 Å². The molecule has 0 unspecified atom stereocenters. The minimum Gasteiger partial charge on any atom is -0.391 e. The lowest BCUT2D eigenvalue weighted by Gasteiger charge is -2.18. The Bertz CT molecular complexity index is 312. The van der Waals surface area contributed by atoms with Gasteiger partial charge in [0.05, 0.1) is 17.2 Å². The molecule has 1 aromatic heterocycles. The Morgan fingerprint density at radius 3 is 2.60 bits per heavy atom. The van der Waals surface area contributed by atoms with E-state index in [1.165, 1.54) is 12.8 Å². The van der Waals surface area contributed by atoms with Gasteiger partial charge in [0.1, 0.15) is 0 Å². The third-order valence-corrected chi connectivity index (χ3v) is 3.94. The number of hydrogen-bond acceptors (Lipinski definition) is 4. The predicted octanol–water partition coefficient (Wildman–Crippen LogP) is 2.19. The highest BCUT2D eigenvalue weighted by Crippen LogP contribution is 2.35. The molecule has 1 aromatic rings. The first-order chi connectivity index (χ1) is 7.30. The summed E-state index contributed by atoms with van der Waals surface area (Å²) in [6, 6.07) is 0.706. The maximum absolute atomic E-state index is 9.22. The fraction of sp³-hybridized carbons (Fsp3) is 0.727. The zero-order valence-corrected chi connectivity index (χ0v) is 10.2. The summed E-state index contributed by atoms with van der Waals surface area (Å²) in [5.74, 6) is 0. The van der Waals surface area contributed by atoms with E-state index in [2.05, 4.69) is 23.7 Å². The number of thiazole rings is 1. The molecule has 0 aromatic carbocycles. The maximum atomic E-state index is 9.22. The first-order valence-electron chi connectivity index (χ1n) is 5.66. The summed E-state index contributed by atoms with van der Waals surface area (Å²) in [6.07, 6.45) is 3.50. The molecule has 0 bridgehead atoms. The van der Waals surface area contributed by atoms with Crippen LogP contribution in [0.25, 0.3) is 0 Å². The van der Waals surface area contributed by atoms with Crippen molar-refractivity contribution in [3.05, 3.63) is 10.6 Å². The molecule has 1 heterocycles. The molecule has 0 saturated heterocycles. The quantitative estimate of drug-likeness (QED) is 0.836. The Morgan fingerprint density at radius 2 is 2.20 bits per heavy atom. The van der Waals surface area contributed by atoms with Crippen molar-refractivity contribution in [2.24, 2.45) is 0 Å². The van der Waals surface area contributed by atoms with Crippen molar-refractivity contribution in [3.63, 3.8) is 0 Å². The smallest absolute Gasteiger partial charge is 0.186 e. The molecule has 15 heavy (non-hydrogen) atoms. The molecule has 0 aliphatic heterocycles. The number of aryl methyl sites for hydroxylation is 1. The molecule has 2 rings (SSSR count). The van der Waals surface area contributed by atoms with Crippen LogP contribution in [0.15, 0.2) is 0 Å². The van der Waals surface area contributed by atoms with Crippen LogP contribution in [-0.2, 0) is 13.0 Å². The fourth-order valence-electron chi connectivity index (χ4n) is 1.83. The van der Waals surface area contributed by atoms with Crippen LogP contribution in [0.5, 0.6) is 0 Å². The molecule has 0 radical (unpaired) electrons. The van der Waals surface area contributed by atoms with E-state index in [0.29, 0.717) is 6.04 Å². The lowest BCUT2D eigenvalue weighted by atomic mass is 10.3. The maximum Gasteiger partial charge on any atom is 0.186 e. The summed E-state index contributed by atoms with van der Waals surface area (Å²) in [6.45, 7) is 5.41. The highest BCUT2D eigenvalue weighted by atomic mass is 32.1. The highest BCUT2D eigenvalue weighted by molar-refractivity contribution is 7.15. The van der Waals surface area contributed by atoms with E-state index in [9.17, 15) is 5.11 Å². The van der Waals surface area contributed by atoms with E-state index in [0.717, 1.165) is 28.7 Å². The second-order valence-electron chi connectivity index (χ2n) is 3.90. The first-order valence-corrected chi connectivity index (χ1v) is 6.47. The van der Waals surface area contributed by atoms with Crippen molar-refractivity contribution in [3.8, 4) is 0 Å². The summed E-state index contributed by atoms with van der Waals surface area (Å²) >= 11 is 1.65. The van der Waals surface area contributed by atoms with Gasteiger partial charge in [-0.25, -0.2) is 4.98 Å². The van der Waals surface area contributed by atoms with E-state index in [-0.39, 0.29) is 6.61 Å². The van der Waals surface area contributed by atoms with Crippen LogP contribution < -0.4 is 4.90 Å². The van der Waals surface area contributed by atoms with Crippen molar-refractivity contribution in [1.82, 2.24) is 4.98 Å². The van der Waals surface area contributed by atoms with Gasteiger partial charge in [0, 0.05) is 12.6 Å². The summed E-state index contributed by atoms with van der Waals surface area (Å²) < 4.78 is 0. The second kappa shape index (κ2) is 4.49. The van der Waals surface area contributed by atoms with Gasteiger partial charge >= 0.3 is 0 Å². The summed E-state index contributed by atoms with van der Waals surface area (Å²) in [5.41, 5.74) is 1.07. The molecule has 0 amide bonds. The van der Waals surface area contributed by atoms with Crippen LogP contribution in [-0.4, -0.2) is 22.7 Å². The van der Waals surface area contributed by atoms with Crippen molar-refractivity contribution < 1.29 is 5.11 Å². The van der Waals surface area contributed by atoms with E-state index >= 15 is 0 Å². The van der Waals surface area contributed by atoms with Gasteiger partial charge in [0.2, 0.25) is 0 Å². The first kappa shape index (κ1) is 10.9. The molecule has 3 nitrogen and oxygen atoms in total. The topological polar surface area (TPSA) is 36.4 Å². The Hall–Kier alpha value is -0.610. The van der Waals surface area contributed by atoms with Gasteiger partial charge in [-0.05, 0) is 26.2 Å². The molecule has 1 aliphatic rings. The number of aliphatic hydroxyl groups excluding tert-OH is 1. The van der Waals surface area contributed by atoms with Gasteiger partial charge in [0.25, 0.3) is 0 Å². The number of nitrogens with zero attached hydrogens (tertiary/aromatic N) is 2. The monoisotopic (exact) mass is 226 g/mol. The number of aromatic nitrogens is 1. The third kappa shape index (κ3) is 2.16. The Kier molecular flexibility index (Phi) is 3.26. The van der Waals surface area contributed by atoms with Gasteiger partial charge < -0.3 is 10.0 Å². The average Bonchev–Trinajstić information content (AvgIpc) is 2.99. The number of anilines is 1. The van der Waals surface area contributed by atoms with Crippen molar-refractivity contribution >= 4 is 16.5 Å². The van der Waals surface area contributed by atoms with Gasteiger partial charge in [-0.2, -0.15) is 0 Å². The van der Waals surface area contributed by atoms with E-state index in [1.54, 1.807) is 11.3 Å². The minimum absolute atomic E-state index is 0.128. The van der Waals surface area contributed by atoms with E-state index in [4.69, 9.17) is 0 Å². The molecule has 1 fully saturated rings.